The molecule has 0 bridgehead atoms. The Morgan fingerprint density at radius 2 is 2.32 bits per heavy atom. The molecule has 0 N–H and O–H groups in total. The van der Waals surface area contributed by atoms with Gasteiger partial charge in [0.05, 0.1) is 11.6 Å². The van der Waals surface area contributed by atoms with Gasteiger partial charge < -0.3 is 4.90 Å². The molecule has 1 aliphatic rings. The molecule has 0 aliphatic carbocycles. The lowest BCUT2D eigenvalue weighted by Crippen LogP contribution is -2.18. The minimum absolute atomic E-state index is 0.138. The minimum Gasteiger partial charge on any atom is -0.366 e. The number of fused-ring (bicyclic) bond motifs is 1. The van der Waals surface area contributed by atoms with Crippen LogP contribution in [0.2, 0.25) is 0 Å². The van der Waals surface area contributed by atoms with Gasteiger partial charge in [0.15, 0.2) is 5.78 Å². The van der Waals surface area contributed by atoms with Crippen LogP contribution in [0.25, 0.3) is 0 Å². The Kier molecular flexibility index (Phi) is 3.11. The summed E-state index contributed by atoms with van der Waals surface area (Å²) in [5, 5.41) is 1.11. The highest BCUT2D eigenvalue weighted by Gasteiger charge is 2.20. The van der Waals surface area contributed by atoms with Crippen LogP contribution < -0.4 is 4.90 Å². The average Bonchev–Trinajstić information content (AvgIpc) is 2.96. The van der Waals surface area contributed by atoms with E-state index in [4.69, 9.17) is 0 Å². The fourth-order valence-corrected chi connectivity index (χ4v) is 3.33. The fraction of sp³-hybridized carbons (Fsp3) is 0.333. The fourth-order valence-electron chi connectivity index (χ4n) is 2.52. The largest absolute Gasteiger partial charge is 0.366 e. The van der Waals surface area contributed by atoms with Crippen molar-refractivity contribution in [3.05, 3.63) is 45.4 Å². The number of carbonyl (C=O) groups excluding carboxylic acids is 1. The first kappa shape index (κ1) is 12.4. The summed E-state index contributed by atoms with van der Waals surface area (Å²) in [7, 11) is 0. The van der Waals surface area contributed by atoms with Gasteiger partial charge in [-0.25, -0.2) is 4.98 Å². The summed E-state index contributed by atoms with van der Waals surface area (Å²) in [4.78, 5) is 19.4. The van der Waals surface area contributed by atoms with Crippen LogP contribution in [0.1, 0.15) is 32.7 Å². The maximum atomic E-state index is 11.4. The molecule has 3 rings (SSSR count). The van der Waals surface area contributed by atoms with Crippen LogP contribution in [0.15, 0.2) is 24.4 Å². The minimum atomic E-state index is 0.138. The smallest absolute Gasteiger partial charge is 0.159 e. The molecule has 0 unspecified atom stereocenters. The van der Waals surface area contributed by atoms with E-state index in [1.54, 1.807) is 18.3 Å². The van der Waals surface area contributed by atoms with E-state index in [1.807, 2.05) is 25.3 Å². The van der Waals surface area contributed by atoms with Crippen molar-refractivity contribution in [1.29, 1.82) is 0 Å². The van der Waals surface area contributed by atoms with Gasteiger partial charge in [0.2, 0.25) is 0 Å². The first-order valence-electron chi connectivity index (χ1n) is 6.43. The second kappa shape index (κ2) is 4.78. The predicted octanol–water partition coefficient (Wildman–Crippen LogP) is 3.22. The van der Waals surface area contributed by atoms with Crippen molar-refractivity contribution in [2.45, 2.75) is 26.8 Å². The number of rotatable bonds is 3. The summed E-state index contributed by atoms with van der Waals surface area (Å²) >= 11 is 1.75. The van der Waals surface area contributed by atoms with Gasteiger partial charge in [-0.05, 0) is 44.0 Å². The molecule has 19 heavy (non-hydrogen) atoms. The maximum Gasteiger partial charge on any atom is 0.159 e. The molecule has 2 heterocycles. The van der Waals surface area contributed by atoms with E-state index < -0.39 is 0 Å². The van der Waals surface area contributed by atoms with Gasteiger partial charge in [-0.15, -0.1) is 11.3 Å². The van der Waals surface area contributed by atoms with Gasteiger partial charge in [0.1, 0.15) is 0 Å². The second-order valence-corrected chi connectivity index (χ2v) is 6.24. The number of Topliss-reactive ketones (excluding diaryl/α,β-unsaturated/α-hetero) is 1. The zero-order chi connectivity index (χ0) is 13.4. The molecule has 1 aromatic carbocycles. The molecule has 1 aliphatic heterocycles. The van der Waals surface area contributed by atoms with Crippen LogP contribution in [-0.4, -0.2) is 17.3 Å². The van der Waals surface area contributed by atoms with E-state index in [0.29, 0.717) is 0 Å². The molecule has 2 aromatic rings. The van der Waals surface area contributed by atoms with Crippen molar-refractivity contribution in [2.75, 3.05) is 11.4 Å². The Morgan fingerprint density at radius 3 is 3.00 bits per heavy atom. The Bertz CT molecular complexity index is 633. The number of benzene rings is 1. The third-order valence-electron chi connectivity index (χ3n) is 3.49. The van der Waals surface area contributed by atoms with Crippen molar-refractivity contribution in [1.82, 2.24) is 4.98 Å². The summed E-state index contributed by atoms with van der Waals surface area (Å²) in [6, 6.07) is 6.04. The van der Waals surface area contributed by atoms with Crippen LogP contribution in [-0.2, 0) is 13.0 Å². The molecule has 0 radical (unpaired) electrons. The monoisotopic (exact) mass is 272 g/mol. The first-order valence-corrected chi connectivity index (χ1v) is 7.25. The highest BCUT2D eigenvalue weighted by Crippen LogP contribution is 2.31. The van der Waals surface area contributed by atoms with Crippen LogP contribution >= 0.6 is 11.3 Å². The van der Waals surface area contributed by atoms with Crippen molar-refractivity contribution in [2.24, 2.45) is 0 Å². The zero-order valence-corrected chi connectivity index (χ0v) is 12.0. The van der Waals surface area contributed by atoms with Crippen molar-refractivity contribution < 1.29 is 4.79 Å². The van der Waals surface area contributed by atoms with E-state index in [2.05, 4.69) is 16.0 Å². The van der Waals surface area contributed by atoms with Crippen molar-refractivity contribution >= 4 is 22.8 Å². The number of hydrogen-bond acceptors (Lipinski definition) is 4. The number of carbonyl (C=O) groups is 1. The molecule has 4 heteroatoms. The van der Waals surface area contributed by atoms with Gasteiger partial charge in [0.25, 0.3) is 0 Å². The Hall–Kier alpha value is -1.68. The van der Waals surface area contributed by atoms with E-state index in [-0.39, 0.29) is 5.78 Å². The maximum absolute atomic E-state index is 11.4. The molecule has 98 valence electrons. The Balaban J connectivity index is 1.84. The third-order valence-corrected chi connectivity index (χ3v) is 4.39. The van der Waals surface area contributed by atoms with E-state index >= 15 is 0 Å². The number of aryl methyl sites for hydroxylation is 1. The normalized spacial score (nSPS) is 13.7. The highest BCUT2D eigenvalue weighted by molar-refractivity contribution is 7.11. The lowest BCUT2D eigenvalue weighted by Gasteiger charge is -2.18. The number of aromatic nitrogens is 1. The van der Waals surface area contributed by atoms with Crippen molar-refractivity contribution in [3.63, 3.8) is 0 Å². The topological polar surface area (TPSA) is 33.2 Å². The summed E-state index contributed by atoms with van der Waals surface area (Å²) in [5.74, 6) is 0.138. The van der Waals surface area contributed by atoms with Gasteiger partial charge in [-0.3, -0.25) is 4.79 Å². The zero-order valence-electron chi connectivity index (χ0n) is 11.1. The first-order chi connectivity index (χ1) is 9.13. The molecule has 0 saturated carbocycles. The standard InChI is InChI=1S/C15H16N2OS/c1-10(18)12-3-4-15-13(7-12)5-6-17(15)9-14-8-16-11(2)19-14/h3-4,7-8H,5-6,9H2,1-2H3. The molecular weight excluding hydrogens is 256 g/mol. The van der Waals surface area contributed by atoms with Gasteiger partial charge in [0, 0.05) is 28.9 Å². The van der Waals surface area contributed by atoms with E-state index in [9.17, 15) is 4.79 Å². The summed E-state index contributed by atoms with van der Waals surface area (Å²) in [6.45, 7) is 5.59. The summed E-state index contributed by atoms with van der Waals surface area (Å²) < 4.78 is 0. The number of nitrogens with zero attached hydrogens (tertiary/aromatic N) is 2. The van der Waals surface area contributed by atoms with E-state index in [1.165, 1.54) is 16.1 Å². The second-order valence-electron chi connectivity index (χ2n) is 4.92. The van der Waals surface area contributed by atoms with Crippen LogP contribution in [0.4, 0.5) is 5.69 Å². The average molecular weight is 272 g/mol. The van der Waals surface area contributed by atoms with Gasteiger partial charge >= 0.3 is 0 Å². The number of ketones is 1. The Morgan fingerprint density at radius 1 is 1.47 bits per heavy atom. The summed E-state index contributed by atoms with van der Waals surface area (Å²) in [6.07, 6.45) is 2.98. The van der Waals surface area contributed by atoms with Crippen molar-refractivity contribution in [3.8, 4) is 0 Å². The third kappa shape index (κ3) is 2.40. The van der Waals surface area contributed by atoms with Crippen LogP contribution in [0.3, 0.4) is 0 Å². The molecular formula is C15H16N2OS. The van der Waals surface area contributed by atoms with Crippen LogP contribution in [0, 0.1) is 6.92 Å². The number of hydrogen-bond donors (Lipinski definition) is 0. The lowest BCUT2D eigenvalue weighted by atomic mass is 10.1. The molecule has 1 aromatic heterocycles. The molecule has 0 fully saturated rings. The summed E-state index contributed by atoms with van der Waals surface area (Å²) in [5.41, 5.74) is 3.36. The van der Waals surface area contributed by atoms with Gasteiger partial charge in [-0.1, -0.05) is 0 Å². The molecule has 0 amide bonds. The molecule has 0 atom stereocenters. The molecule has 0 spiro atoms. The quantitative estimate of drug-likeness (QED) is 0.804. The highest BCUT2D eigenvalue weighted by atomic mass is 32.1. The SMILES string of the molecule is CC(=O)c1ccc2c(c1)CCN2Cc1cnc(C)s1. The molecule has 3 nitrogen and oxygen atoms in total. The lowest BCUT2D eigenvalue weighted by molar-refractivity contribution is 0.101. The predicted molar refractivity (Wildman–Crippen MR) is 78.1 cm³/mol. The van der Waals surface area contributed by atoms with E-state index in [0.717, 1.165) is 30.1 Å². The Labute approximate surface area is 116 Å². The number of thiazole rings is 1. The van der Waals surface area contributed by atoms with Crippen LogP contribution in [0.5, 0.6) is 0 Å². The molecule has 0 saturated heterocycles. The number of anilines is 1. The van der Waals surface area contributed by atoms with Gasteiger partial charge in [-0.2, -0.15) is 0 Å².